The van der Waals surface area contributed by atoms with Gasteiger partial charge in [-0.3, -0.25) is 14.5 Å². The summed E-state index contributed by atoms with van der Waals surface area (Å²) in [6.45, 7) is 10.5. The Morgan fingerprint density at radius 2 is 1.87 bits per heavy atom. The van der Waals surface area contributed by atoms with Gasteiger partial charge in [-0.2, -0.15) is 0 Å². The van der Waals surface area contributed by atoms with Gasteiger partial charge in [0, 0.05) is 5.56 Å². The van der Waals surface area contributed by atoms with Crippen molar-refractivity contribution in [1.29, 1.82) is 0 Å². The maximum atomic E-state index is 13.7. The van der Waals surface area contributed by atoms with Crippen LogP contribution in [-0.2, 0) is 14.3 Å². The number of nitrogens with zero attached hydrogens (tertiary/aromatic N) is 1. The van der Waals surface area contributed by atoms with Crippen LogP contribution in [0.4, 0.5) is 5.69 Å². The van der Waals surface area contributed by atoms with Crippen molar-refractivity contribution in [3.05, 3.63) is 58.7 Å². The lowest BCUT2D eigenvalue weighted by Crippen LogP contribution is -2.56. The van der Waals surface area contributed by atoms with Crippen molar-refractivity contribution in [3.8, 4) is 5.75 Å². The summed E-state index contributed by atoms with van der Waals surface area (Å²) in [7, 11) is 0. The molecule has 0 saturated carbocycles. The molecule has 1 N–H and O–H groups in total. The van der Waals surface area contributed by atoms with Gasteiger partial charge in [-0.25, -0.2) is 0 Å². The fourth-order valence-electron chi connectivity index (χ4n) is 4.51. The molecular formula is C25H29NO5. The van der Waals surface area contributed by atoms with Crippen molar-refractivity contribution in [2.75, 3.05) is 11.5 Å². The predicted octanol–water partition coefficient (Wildman–Crippen LogP) is 4.41. The average Bonchev–Trinajstić information content (AvgIpc) is 2.79. The molecule has 2 heterocycles. The largest absolute Gasteiger partial charge is 0.489 e. The van der Waals surface area contributed by atoms with Gasteiger partial charge >= 0.3 is 5.97 Å². The highest BCUT2D eigenvalue weighted by Gasteiger charge is 2.47. The van der Waals surface area contributed by atoms with E-state index in [2.05, 4.69) is 20.8 Å². The molecular weight excluding hydrogens is 394 g/mol. The Morgan fingerprint density at radius 1 is 1.16 bits per heavy atom. The molecule has 2 aliphatic rings. The number of anilines is 1. The molecule has 0 spiro atoms. The summed E-state index contributed by atoms with van der Waals surface area (Å²) in [5.41, 5.74) is 4.18. The van der Waals surface area contributed by atoms with Crippen LogP contribution < -0.4 is 9.64 Å². The van der Waals surface area contributed by atoms with E-state index in [1.807, 2.05) is 50.2 Å². The van der Waals surface area contributed by atoms with Crippen LogP contribution in [0.3, 0.4) is 0 Å². The van der Waals surface area contributed by atoms with Gasteiger partial charge in [-0.1, -0.05) is 51.1 Å². The molecule has 2 aromatic rings. The fourth-order valence-corrected chi connectivity index (χ4v) is 4.51. The van der Waals surface area contributed by atoms with Crippen molar-refractivity contribution in [3.63, 3.8) is 0 Å². The summed E-state index contributed by atoms with van der Waals surface area (Å²) < 4.78 is 12.5. The highest BCUT2D eigenvalue weighted by Crippen LogP contribution is 2.49. The zero-order valence-corrected chi connectivity index (χ0v) is 18.6. The maximum absolute atomic E-state index is 13.7. The van der Waals surface area contributed by atoms with E-state index in [4.69, 9.17) is 9.47 Å². The van der Waals surface area contributed by atoms with Gasteiger partial charge in [-0.05, 0) is 42.0 Å². The number of carbonyl (C=O) groups excluding carboxylic acids is 1. The number of hydrogen-bond donors (Lipinski definition) is 1. The van der Waals surface area contributed by atoms with Crippen molar-refractivity contribution in [1.82, 2.24) is 0 Å². The smallest absolute Gasteiger partial charge is 0.306 e. The van der Waals surface area contributed by atoms with Crippen LogP contribution in [0.15, 0.2) is 36.4 Å². The van der Waals surface area contributed by atoms with Crippen LogP contribution in [0.1, 0.15) is 55.5 Å². The Bertz CT molecular complexity index is 1040. The molecule has 0 aliphatic carbocycles. The lowest BCUT2D eigenvalue weighted by Gasteiger charge is -2.44. The van der Waals surface area contributed by atoms with Gasteiger partial charge in [0.05, 0.1) is 18.2 Å². The average molecular weight is 424 g/mol. The quantitative estimate of drug-likeness (QED) is 0.792. The molecule has 6 heteroatoms. The van der Waals surface area contributed by atoms with E-state index in [9.17, 15) is 14.7 Å². The van der Waals surface area contributed by atoms with Crippen LogP contribution in [0.25, 0.3) is 0 Å². The number of benzene rings is 2. The van der Waals surface area contributed by atoms with Gasteiger partial charge in [0.15, 0.2) is 0 Å². The molecule has 4 rings (SSSR count). The second kappa shape index (κ2) is 7.68. The number of carbonyl (C=O) groups is 2. The minimum absolute atomic E-state index is 0.246. The number of carboxylic acid groups (broad SMARTS) is 1. The van der Waals surface area contributed by atoms with Crippen LogP contribution in [-0.4, -0.2) is 35.7 Å². The third-order valence-electron chi connectivity index (χ3n) is 6.12. The van der Waals surface area contributed by atoms with Crippen LogP contribution in [0.2, 0.25) is 0 Å². The molecule has 1 amide bonds. The highest BCUT2D eigenvalue weighted by atomic mass is 16.5. The first-order valence-electron chi connectivity index (χ1n) is 10.6. The summed E-state index contributed by atoms with van der Waals surface area (Å²) in [5, 5.41) is 9.53. The second-order valence-corrected chi connectivity index (χ2v) is 9.56. The van der Waals surface area contributed by atoms with Gasteiger partial charge in [0.1, 0.15) is 24.6 Å². The molecule has 0 bridgehead atoms. The van der Waals surface area contributed by atoms with E-state index in [-0.39, 0.29) is 17.4 Å². The van der Waals surface area contributed by atoms with Crippen LogP contribution >= 0.6 is 0 Å². The fraction of sp³-hybridized carbons (Fsp3) is 0.440. The van der Waals surface area contributed by atoms with Gasteiger partial charge in [0.25, 0.3) is 5.91 Å². The zero-order chi connectivity index (χ0) is 22.5. The monoisotopic (exact) mass is 423 g/mol. The van der Waals surface area contributed by atoms with Gasteiger partial charge in [-0.15, -0.1) is 0 Å². The Morgan fingerprint density at radius 3 is 2.52 bits per heavy atom. The van der Waals surface area contributed by atoms with E-state index < -0.39 is 24.6 Å². The summed E-state index contributed by atoms with van der Waals surface area (Å²) >= 11 is 0. The standard InChI is InChI=1S/C25H29NO5/c1-14-10-17-22-18(11-14)30-13-20(25(3,4)5)26(22)24(29)19(12-21(27)28)31-23(17)16-9-7-6-8-15(16)2/h6-11,19-20,23H,12-13H2,1-5H3,(H,27,28)/t19-,20+,23-/m1/s1. The predicted molar refractivity (Wildman–Crippen MR) is 118 cm³/mol. The first-order valence-corrected chi connectivity index (χ1v) is 10.6. The number of amides is 1. The molecule has 3 atom stereocenters. The topological polar surface area (TPSA) is 76.1 Å². The van der Waals surface area contributed by atoms with Crippen LogP contribution in [0.5, 0.6) is 5.75 Å². The molecule has 0 aromatic heterocycles. The van der Waals surface area contributed by atoms with E-state index in [0.717, 1.165) is 22.3 Å². The normalized spacial score (nSPS) is 23.1. The Kier molecular flexibility index (Phi) is 5.30. The number of aryl methyl sites for hydroxylation is 2. The molecule has 0 radical (unpaired) electrons. The Labute approximate surface area is 182 Å². The molecule has 0 saturated heterocycles. The Balaban J connectivity index is 1.99. The van der Waals surface area contributed by atoms with Crippen molar-refractivity contribution >= 4 is 17.6 Å². The van der Waals surface area contributed by atoms with Crippen LogP contribution in [0, 0.1) is 19.3 Å². The van der Waals surface area contributed by atoms with Gasteiger partial charge in [0.2, 0.25) is 0 Å². The second-order valence-electron chi connectivity index (χ2n) is 9.56. The number of carboxylic acids is 1. The molecule has 6 nitrogen and oxygen atoms in total. The molecule has 0 fully saturated rings. The first kappa shape index (κ1) is 21.4. The summed E-state index contributed by atoms with van der Waals surface area (Å²) in [5.74, 6) is -0.750. The number of ether oxygens (including phenoxy) is 2. The van der Waals surface area contributed by atoms with E-state index >= 15 is 0 Å². The number of rotatable bonds is 3. The van der Waals surface area contributed by atoms with Gasteiger partial charge < -0.3 is 14.6 Å². The highest BCUT2D eigenvalue weighted by molar-refractivity contribution is 6.02. The third-order valence-corrected chi connectivity index (χ3v) is 6.12. The number of hydrogen-bond acceptors (Lipinski definition) is 4. The number of aliphatic carboxylic acids is 1. The lowest BCUT2D eigenvalue weighted by molar-refractivity contribution is -0.147. The SMILES string of the molecule is Cc1cc2c3c(c1)[C@@H](c1ccccc1C)O[C@H](CC(=O)O)C(=O)N3[C@H](C(C)(C)C)CO2. The zero-order valence-electron chi connectivity index (χ0n) is 18.6. The van der Waals surface area contributed by atoms with Crippen molar-refractivity contribution < 1.29 is 24.2 Å². The van der Waals surface area contributed by atoms with Crippen molar-refractivity contribution in [2.45, 2.75) is 59.3 Å². The first-order chi connectivity index (χ1) is 14.6. The van der Waals surface area contributed by atoms with Crippen molar-refractivity contribution in [2.24, 2.45) is 5.41 Å². The summed E-state index contributed by atoms with van der Waals surface area (Å²) in [6, 6.07) is 11.6. The molecule has 0 unspecified atom stereocenters. The van der Waals surface area contributed by atoms with E-state index in [0.29, 0.717) is 18.0 Å². The minimum atomic E-state index is -1.09. The maximum Gasteiger partial charge on any atom is 0.306 e. The lowest BCUT2D eigenvalue weighted by atomic mass is 9.83. The Hall–Kier alpha value is -2.86. The summed E-state index contributed by atoms with van der Waals surface area (Å²) in [6.07, 6.45) is -2.06. The van der Waals surface area contributed by atoms with E-state index in [1.165, 1.54) is 0 Å². The molecule has 164 valence electrons. The third kappa shape index (κ3) is 3.81. The molecule has 2 aromatic carbocycles. The molecule has 31 heavy (non-hydrogen) atoms. The summed E-state index contributed by atoms with van der Waals surface area (Å²) in [4.78, 5) is 27.1. The minimum Gasteiger partial charge on any atom is -0.489 e. The molecule has 2 aliphatic heterocycles. The van der Waals surface area contributed by atoms with E-state index in [1.54, 1.807) is 4.90 Å².